The molecule has 2 aromatic rings. The fourth-order valence-electron chi connectivity index (χ4n) is 2.25. The molecule has 0 fully saturated rings. The van der Waals surface area contributed by atoms with Crippen LogP contribution < -0.4 is 11.1 Å². The Labute approximate surface area is 128 Å². The van der Waals surface area contributed by atoms with E-state index in [2.05, 4.69) is 5.32 Å². The van der Waals surface area contributed by atoms with E-state index in [-0.39, 0.29) is 10.6 Å². The van der Waals surface area contributed by atoms with Crippen molar-refractivity contribution in [1.29, 1.82) is 0 Å². The Morgan fingerprint density at radius 2 is 2.05 bits per heavy atom. The van der Waals surface area contributed by atoms with Crippen molar-refractivity contribution >= 4 is 34.6 Å². The molecule has 21 heavy (non-hydrogen) atoms. The molecule has 0 atom stereocenters. The van der Waals surface area contributed by atoms with Crippen LogP contribution in [0.3, 0.4) is 0 Å². The second-order valence-electron chi connectivity index (χ2n) is 4.82. The minimum Gasteiger partial charge on any atom is -0.478 e. The predicted molar refractivity (Wildman–Crippen MR) is 86.7 cm³/mol. The zero-order chi connectivity index (χ0) is 15.6. The Balaban J connectivity index is 2.57. The van der Waals surface area contributed by atoms with E-state index in [0.717, 1.165) is 23.2 Å². The number of benzene rings is 2. The Hall–Kier alpha value is -2.20. The quantitative estimate of drug-likeness (QED) is 0.739. The molecule has 5 heteroatoms. The monoisotopic (exact) mass is 304 g/mol. The van der Waals surface area contributed by atoms with Gasteiger partial charge in [-0.05, 0) is 36.6 Å². The van der Waals surface area contributed by atoms with E-state index in [9.17, 15) is 9.90 Å². The molecule has 0 aromatic heterocycles. The molecular formula is C16H17ClN2O2. The number of nitrogen functional groups attached to an aromatic ring is 1. The SMILES string of the molecule is CCc1cccc(C)c1Nc1c(Cl)cc(N)cc1C(=O)O. The van der Waals surface area contributed by atoms with E-state index in [1.165, 1.54) is 6.07 Å². The van der Waals surface area contributed by atoms with Crippen LogP contribution in [0.25, 0.3) is 0 Å². The molecular weight excluding hydrogens is 288 g/mol. The Kier molecular flexibility index (Phi) is 4.38. The van der Waals surface area contributed by atoms with E-state index in [1.54, 1.807) is 6.07 Å². The molecule has 2 rings (SSSR count). The summed E-state index contributed by atoms with van der Waals surface area (Å²) in [6.45, 7) is 4.01. The summed E-state index contributed by atoms with van der Waals surface area (Å²) in [6, 6.07) is 8.89. The first-order valence-electron chi connectivity index (χ1n) is 6.61. The van der Waals surface area contributed by atoms with Crippen LogP contribution in [-0.4, -0.2) is 11.1 Å². The van der Waals surface area contributed by atoms with Crippen molar-refractivity contribution in [3.05, 3.63) is 52.0 Å². The van der Waals surface area contributed by atoms with Crippen molar-refractivity contribution < 1.29 is 9.90 Å². The number of rotatable bonds is 4. The first-order chi connectivity index (χ1) is 9.93. The largest absolute Gasteiger partial charge is 0.478 e. The van der Waals surface area contributed by atoms with Crippen LogP contribution in [0.2, 0.25) is 5.02 Å². The number of carbonyl (C=O) groups is 1. The van der Waals surface area contributed by atoms with Gasteiger partial charge in [0.15, 0.2) is 0 Å². The van der Waals surface area contributed by atoms with Gasteiger partial charge in [-0.2, -0.15) is 0 Å². The lowest BCUT2D eigenvalue weighted by molar-refractivity contribution is 0.0698. The zero-order valence-corrected chi connectivity index (χ0v) is 12.7. The maximum Gasteiger partial charge on any atom is 0.337 e. The smallest absolute Gasteiger partial charge is 0.337 e. The Morgan fingerprint density at radius 1 is 1.33 bits per heavy atom. The molecule has 0 aliphatic carbocycles. The predicted octanol–water partition coefficient (Wildman–Crippen LogP) is 4.23. The summed E-state index contributed by atoms with van der Waals surface area (Å²) < 4.78 is 0. The summed E-state index contributed by atoms with van der Waals surface area (Å²) in [7, 11) is 0. The van der Waals surface area contributed by atoms with Gasteiger partial charge in [0.1, 0.15) is 0 Å². The lowest BCUT2D eigenvalue weighted by Gasteiger charge is -2.17. The van der Waals surface area contributed by atoms with Crippen LogP contribution in [0.1, 0.15) is 28.4 Å². The number of anilines is 3. The molecule has 4 N–H and O–H groups in total. The third-order valence-electron chi connectivity index (χ3n) is 3.33. The van der Waals surface area contributed by atoms with Gasteiger partial charge in [-0.3, -0.25) is 0 Å². The van der Waals surface area contributed by atoms with Crippen molar-refractivity contribution in [2.24, 2.45) is 0 Å². The van der Waals surface area contributed by atoms with E-state index in [4.69, 9.17) is 17.3 Å². The lowest BCUT2D eigenvalue weighted by Crippen LogP contribution is -2.07. The summed E-state index contributed by atoms with van der Waals surface area (Å²) in [6.07, 6.45) is 0.832. The summed E-state index contributed by atoms with van der Waals surface area (Å²) in [5.41, 5.74) is 9.42. The molecule has 0 bridgehead atoms. The number of carboxylic acids is 1. The topological polar surface area (TPSA) is 75.3 Å². The molecule has 0 aliphatic rings. The minimum atomic E-state index is -1.07. The van der Waals surface area contributed by atoms with Crippen molar-refractivity contribution in [3.63, 3.8) is 0 Å². The van der Waals surface area contributed by atoms with Gasteiger partial charge in [-0.25, -0.2) is 4.79 Å². The highest BCUT2D eigenvalue weighted by molar-refractivity contribution is 6.34. The fraction of sp³-hybridized carbons (Fsp3) is 0.188. The van der Waals surface area contributed by atoms with Crippen molar-refractivity contribution in [1.82, 2.24) is 0 Å². The van der Waals surface area contributed by atoms with Crippen molar-refractivity contribution in [2.45, 2.75) is 20.3 Å². The number of nitrogens with one attached hydrogen (secondary N) is 1. The van der Waals surface area contributed by atoms with Crippen LogP contribution in [0.15, 0.2) is 30.3 Å². The average molecular weight is 305 g/mol. The van der Waals surface area contributed by atoms with Gasteiger partial charge in [-0.1, -0.05) is 36.7 Å². The van der Waals surface area contributed by atoms with E-state index >= 15 is 0 Å². The minimum absolute atomic E-state index is 0.0605. The molecule has 2 aromatic carbocycles. The molecule has 110 valence electrons. The van der Waals surface area contributed by atoms with Gasteiger partial charge in [0, 0.05) is 11.4 Å². The van der Waals surface area contributed by atoms with Gasteiger partial charge < -0.3 is 16.2 Å². The molecule has 0 radical (unpaired) electrons. The highest BCUT2D eigenvalue weighted by atomic mass is 35.5. The second kappa shape index (κ2) is 6.06. The number of carboxylic acid groups (broad SMARTS) is 1. The molecule has 0 saturated carbocycles. The first-order valence-corrected chi connectivity index (χ1v) is 6.99. The second-order valence-corrected chi connectivity index (χ2v) is 5.23. The number of para-hydroxylation sites is 1. The number of nitrogens with two attached hydrogens (primary N) is 1. The highest BCUT2D eigenvalue weighted by Crippen LogP contribution is 2.34. The van der Waals surface area contributed by atoms with Crippen LogP contribution >= 0.6 is 11.6 Å². The van der Waals surface area contributed by atoms with Gasteiger partial charge in [-0.15, -0.1) is 0 Å². The molecule has 0 saturated heterocycles. The van der Waals surface area contributed by atoms with Crippen molar-refractivity contribution in [2.75, 3.05) is 11.1 Å². The number of aromatic carboxylic acids is 1. The number of hydrogen-bond donors (Lipinski definition) is 3. The third kappa shape index (κ3) is 3.11. The lowest BCUT2D eigenvalue weighted by atomic mass is 10.0. The summed E-state index contributed by atoms with van der Waals surface area (Å²) in [4.78, 5) is 11.4. The number of halogens is 1. The standard InChI is InChI=1S/C16H17ClN2O2/c1-3-10-6-4-5-9(2)14(10)19-15-12(16(20)21)7-11(18)8-13(15)17/h4-8,19H,3,18H2,1-2H3,(H,20,21). The highest BCUT2D eigenvalue weighted by Gasteiger charge is 2.16. The van der Waals surface area contributed by atoms with Gasteiger partial charge in [0.05, 0.1) is 16.3 Å². The van der Waals surface area contributed by atoms with Gasteiger partial charge in [0.25, 0.3) is 0 Å². The number of aryl methyl sites for hydroxylation is 2. The van der Waals surface area contributed by atoms with Crippen LogP contribution in [0.5, 0.6) is 0 Å². The fourth-order valence-corrected chi connectivity index (χ4v) is 2.53. The third-order valence-corrected chi connectivity index (χ3v) is 3.63. The Morgan fingerprint density at radius 3 is 2.67 bits per heavy atom. The van der Waals surface area contributed by atoms with Gasteiger partial charge >= 0.3 is 5.97 Å². The maximum absolute atomic E-state index is 11.4. The molecule has 0 aliphatic heterocycles. The normalized spacial score (nSPS) is 10.4. The van der Waals surface area contributed by atoms with E-state index in [1.807, 2.05) is 32.0 Å². The molecule has 0 heterocycles. The van der Waals surface area contributed by atoms with Crippen LogP contribution in [0, 0.1) is 6.92 Å². The maximum atomic E-state index is 11.4. The van der Waals surface area contributed by atoms with Gasteiger partial charge in [0.2, 0.25) is 0 Å². The molecule has 0 amide bonds. The van der Waals surface area contributed by atoms with E-state index in [0.29, 0.717) is 11.4 Å². The van der Waals surface area contributed by atoms with Crippen LogP contribution in [-0.2, 0) is 6.42 Å². The molecule has 0 unspecified atom stereocenters. The Bertz CT molecular complexity index is 699. The zero-order valence-electron chi connectivity index (χ0n) is 11.9. The first kappa shape index (κ1) is 15.2. The molecule has 0 spiro atoms. The van der Waals surface area contributed by atoms with Crippen molar-refractivity contribution in [3.8, 4) is 0 Å². The number of hydrogen-bond acceptors (Lipinski definition) is 3. The van der Waals surface area contributed by atoms with Crippen LogP contribution in [0.4, 0.5) is 17.1 Å². The summed E-state index contributed by atoms with van der Waals surface area (Å²) in [5.74, 6) is -1.07. The van der Waals surface area contributed by atoms with E-state index < -0.39 is 5.97 Å². The summed E-state index contributed by atoms with van der Waals surface area (Å²) >= 11 is 6.17. The summed E-state index contributed by atoms with van der Waals surface area (Å²) in [5, 5.41) is 12.8. The molecule has 4 nitrogen and oxygen atoms in total. The average Bonchev–Trinajstić information content (AvgIpc) is 2.42.